The van der Waals surface area contributed by atoms with Crippen LogP contribution in [0.1, 0.15) is 23.2 Å². The highest BCUT2D eigenvalue weighted by Crippen LogP contribution is 2.13. The molecule has 6 nitrogen and oxygen atoms in total. The summed E-state index contributed by atoms with van der Waals surface area (Å²) in [5.74, 6) is -0.467. The van der Waals surface area contributed by atoms with Gasteiger partial charge in [-0.1, -0.05) is 11.6 Å². The van der Waals surface area contributed by atoms with E-state index in [4.69, 9.17) is 11.6 Å². The monoisotopic (exact) mass is 347 g/mol. The fourth-order valence-corrected chi connectivity index (χ4v) is 2.13. The van der Waals surface area contributed by atoms with Gasteiger partial charge < -0.3 is 15.2 Å². The number of aromatic nitrogens is 1. The van der Waals surface area contributed by atoms with Crippen LogP contribution in [0, 0.1) is 0 Å². The van der Waals surface area contributed by atoms with Crippen molar-refractivity contribution in [2.45, 2.75) is 12.8 Å². The van der Waals surface area contributed by atoms with Crippen LogP contribution in [0.5, 0.6) is 0 Å². The van der Waals surface area contributed by atoms with E-state index in [2.05, 4.69) is 10.6 Å². The largest absolute Gasteiger partial charge is 0.352 e. The Morgan fingerprint density at radius 3 is 2.54 bits per heavy atom. The van der Waals surface area contributed by atoms with Crippen LogP contribution >= 0.6 is 11.6 Å². The topological polar surface area (TPSA) is 80.2 Å². The second-order valence-corrected chi connectivity index (χ2v) is 5.72. The van der Waals surface area contributed by atoms with Crippen molar-refractivity contribution in [3.8, 4) is 0 Å². The lowest BCUT2D eigenvalue weighted by molar-refractivity contribution is -0.116. The van der Waals surface area contributed by atoms with E-state index in [-0.39, 0.29) is 23.8 Å². The fraction of sp³-hybridized carbons (Fsp3) is 0.235. The smallest absolute Gasteiger partial charge is 0.251 e. The van der Waals surface area contributed by atoms with Crippen LogP contribution in [0.15, 0.2) is 47.4 Å². The molecule has 0 bridgehead atoms. The van der Waals surface area contributed by atoms with E-state index in [0.29, 0.717) is 29.2 Å². The lowest BCUT2D eigenvalue weighted by Gasteiger charge is -2.07. The zero-order valence-electron chi connectivity index (χ0n) is 13.2. The molecule has 1 aromatic heterocycles. The molecule has 24 heavy (non-hydrogen) atoms. The fourth-order valence-electron chi connectivity index (χ4n) is 2.00. The second-order valence-electron chi connectivity index (χ2n) is 5.28. The van der Waals surface area contributed by atoms with Gasteiger partial charge in [0, 0.05) is 48.5 Å². The van der Waals surface area contributed by atoms with Gasteiger partial charge >= 0.3 is 0 Å². The van der Waals surface area contributed by atoms with E-state index >= 15 is 0 Å². The molecule has 2 aromatic rings. The minimum Gasteiger partial charge on any atom is -0.352 e. The van der Waals surface area contributed by atoms with E-state index in [1.165, 1.54) is 16.8 Å². The number of anilines is 1. The number of hydrogen-bond acceptors (Lipinski definition) is 3. The Morgan fingerprint density at radius 2 is 1.88 bits per heavy atom. The van der Waals surface area contributed by atoms with E-state index in [1.807, 2.05) is 0 Å². The highest BCUT2D eigenvalue weighted by molar-refractivity contribution is 6.30. The molecular formula is C17H18ClN3O3. The first-order chi connectivity index (χ1) is 11.5. The third kappa shape index (κ3) is 5.24. The second kappa shape index (κ2) is 8.31. The summed E-state index contributed by atoms with van der Waals surface area (Å²) in [6.07, 6.45) is 2.31. The van der Waals surface area contributed by atoms with Crippen molar-refractivity contribution in [1.29, 1.82) is 0 Å². The van der Waals surface area contributed by atoms with E-state index in [1.54, 1.807) is 37.4 Å². The van der Waals surface area contributed by atoms with Gasteiger partial charge in [0.15, 0.2) is 0 Å². The molecule has 126 valence electrons. The number of rotatable bonds is 6. The van der Waals surface area contributed by atoms with Gasteiger partial charge in [-0.05, 0) is 36.8 Å². The van der Waals surface area contributed by atoms with Gasteiger partial charge in [0.05, 0.1) is 0 Å². The molecule has 2 amide bonds. The van der Waals surface area contributed by atoms with Crippen molar-refractivity contribution >= 4 is 29.1 Å². The van der Waals surface area contributed by atoms with Gasteiger partial charge in [0.25, 0.3) is 11.5 Å². The molecule has 0 aliphatic carbocycles. The first kappa shape index (κ1) is 17.7. The van der Waals surface area contributed by atoms with Crippen molar-refractivity contribution in [2.75, 3.05) is 11.9 Å². The number of halogens is 1. The van der Waals surface area contributed by atoms with Crippen LogP contribution in [-0.2, 0) is 11.8 Å². The quantitative estimate of drug-likeness (QED) is 0.786. The molecule has 0 saturated heterocycles. The predicted octanol–water partition coefficient (Wildman–Crippen LogP) is 2.19. The number of carbonyl (C=O) groups excluding carboxylic acids is 2. The Morgan fingerprint density at radius 1 is 1.17 bits per heavy atom. The normalized spacial score (nSPS) is 10.2. The summed E-state index contributed by atoms with van der Waals surface area (Å²) in [5.41, 5.74) is 0.738. The Hall–Kier alpha value is -2.60. The number of pyridine rings is 1. The van der Waals surface area contributed by atoms with Crippen LogP contribution < -0.4 is 16.2 Å². The summed E-state index contributed by atoms with van der Waals surface area (Å²) in [6, 6.07) is 9.69. The third-order valence-corrected chi connectivity index (χ3v) is 3.61. The standard InChI is InChI=1S/C17H18ClN3O3/c1-21-10-8-12(11-16(21)23)17(24)19-9-2-3-15(22)20-14-6-4-13(18)5-7-14/h4-8,10-11H,2-3,9H2,1H3,(H,19,24)(H,20,22). The van der Waals surface area contributed by atoms with Gasteiger partial charge in [-0.3, -0.25) is 14.4 Å². The highest BCUT2D eigenvalue weighted by atomic mass is 35.5. The summed E-state index contributed by atoms with van der Waals surface area (Å²) >= 11 is 5.78. The zero-order chi connectivity index (χ0) is 17.5. The SMILES string of the molecule is Cn1ccc(C(=O)NCCCC(=O)Nc2ccc(Cl)cc2)cc1=O. The van der Waals surface area contributed by atoms with Crippen molar-refractivity contribution in [2.24, 2.45) is 7.05 Å². The van der Waals surface area contributed by atoms with Gasteiger partial charge in [-0.15, -0.1) is 0 Å². The molecule has 0 radical (unpaired) electrons. The number of benzene rings is 1. The maximum absolute atomic E-state index is 11.9. The summed E-state index contributed by atoms with van der Waals surface area (Å²) in [4.78, 5) is 35.2. The first-order valence-electron chi connectivity index (χ1n) is 7.46. The van der Waals surface area contributed by atoms with E-state index in [9.17, 15) is 14.4 Å². The number of hydrogen-bond donors (Lipinski definition) is 2. The van der Waals surface area contributed by atoms with Gasteiger partial charge in [-0.25, -0.2) is 0 Å². The van der Waals surface area contributed by atoms with Crippen LogP contribution in [0.3, 0.4) is 0 Å². The maximum atomic E-state index is 11.9. The van der Waals surface area contributed by atoms with Crippen molar-refractivity contribution < 1.29 is 9.59 Å². The van der Waals surface area contributed by atoms with Crippen molar-refractivity contribution in [1.82, 2.24) is 9.88 Å². The summed E-state index contributed by atoms with van der Waals surface area (Å²) in [5, 5.41) is 6.04. The molecule has 7 heteroatoms. The molecule has 0 fully saturated rings. The lowest BCUT2D eigenvalue weighted by Crippen LogP contribution is -2.27. The highest BCUT2D eigenvalue weighted by Gasteiger charge is 2.07. The van der Waals surface area contributed by atoms with E-state index < -0.39 is 0 Å². The Labute approximate surface area is 144 Å². The maximum Gasteiger partial charge on any atom is 0.251 e. The molecule has 0 aliphatic rings. The van der Waals surface area contributed by atoms with Crippen LogP contribution in [0.4, 0.5) is 5.69 Å². The van der Waals surface area contributed by atoms with Crippen LogP contribution in [-0.4, -0.2) is 22.9 Å². The number of nitrogens with zero attached hydrogens (tertiary/aromatic N) is 1. The van der Waals surface area contributed by atoms with Crippen LogP contribution in [0.2, 0.25) is 5.02 Å². The summed E-state index contributed by atoms with van der Waals surface area (Å²) in [6.45, 7) is 0.349. The van der Waals surface area contributed by atoms with Crippen LogP contribution in [0.25, 0.3) is 0 Å². The molecule has 0 spiro atoms. The molecule has 2 N–H and O–H groups in total. The molecular weight excluding hydrogens is 330 g/mol. The molecule has 1 aromatic carbocycles. The summed E-state index contributed by atoms with van der Waals surface area (Å²) < 4.78 is 1.39. The minimum absolute atomic E-state index is 0.139. The van der Waals surface area contributed by atoms with Gasteiger partial charge in [0.1, 0.15) is 0 Å². The number of carbonyl (C=O) groups is 2. The van der Waals surface area contributed by atoms with Gasteiger partial charge in [-0.2, -0.15) is 0 Å². The Kier molecular flexibility index (Phi) is 6.14. The zero-order valence-corrected chi connectivity index (χ0v) is 14.0. The molecule has 2 rings (SSSR count). The number of nitrogens with one attached hydrogen (secondary N) is 2. The van der Waals surface area contributed by atoms with Crippen molar-refractivity contribution in [3.05, 3.63) is 63.5 Å². The van der Waals surface area contributed by atoms with Crippen molar-refractivity contribution in [3.63, 3.8) is 0 Å². The van der Waals surface area contributed by atoms with E-state index in [0.717, 1.165) is 0 Å². The van der Waals surface area contributed by atoms with Gasteiger partial charge in [0.2, 0.25) is 5.91 Å². The number of amides is 2. The average Bonchev–Trinajstić information content (AvgIpc) is 2.56. The number of aryl methyl sites for hydroxylation is 1. The average molecular weight is 348 g/mol. The Balaban J connectivity index is 1.72. The third-order valence-electron chi connectivity index (χ3n) is 3.36. The molecule has 0 saturated carbocycles. The molecule has 1 heterocycles. The molecule has 0 atom stereocenters. The predicted molar refractivity (Wildman–Crippen MR) is 93.3 cm³/mol. The summed E-state index contributed by atoms with van der Waals surface area (Å²) in [7, 11) is 1.61. The molecule has 0 aliphatic heterocycles. The first-order valence-corrected chi connectivity index (χ1v) is 7.84. The Bertz CT molecular complexity index is 784. The lowest BCUT2D eigenvalue weighted by atomic mass is 10.2. The molecule has 0 unspecified atom stereocenters. The minimum atomic E-state index is -0.328.